The molecule has 0 spiro atoms. The van der Waals surface area contributed by atoms with Crippen molar-refractivity contribution in [3.63, 3.8) is 0 Å². The summed E-state index contributed by atoms with van der Waals surface area (Å²) in [5, 5.41) is 0. The normalized spacial score (nSPS) is 11.6. The highest BCUT2D eigenvalue weighted by Crippen LogP contribution is 2.13. The third kappa shape index (κ3) is 1.43. The molecule has 0 saturated carbocycles. The van der Waals surface area contributed by atoms with E-state index in [1.54, 1.807) is 4.57 Å². The van der Waals surface area contributed by atoms with Crippen molar-refractivity contribution in [3.8, 4) is 0 Å². The summed E-state index contributed by atoms with van der Waals surface area (Å²) in [4.78, 5) is 15.4. The lowest BCUT2D eigenvalue weighted by Gasteiger charge is -2.10. The number of rotatable bonds is 1. The summed E-state index contributed by atoms with van der Waals surface area (Å²) < 4.78 is 3.98. The molecule has 16 heavy (non-hydrogen) atoms. The van der Waals surface area contributed by atoms with E-state index >= 15 is 0 Å². The molecule has 2 heterocycles. The fourth-order valence-corrected chi connectivity index (χ4v) is 2.34. The third-order valence-corrected chi connectivity index (χ3v) is 3.17. The third-order valence-electron chi connectivity index (χ3n) is 2.87. The van der Waals surface area contributed by atoms with Gasteiger partial charge in [-0.3, -0.25) is 9.36 Å². The van der Waals surface area contributed by atoms with Gasteiger partial charge in [0.15, 0.2) is 4.77 Å². The van der Waals surface area contributed by atoms with Crippen LogP contribution in [-0.4, -0.2) is 14.1 Å². The van der Waals surface area contributed by atoms with Crippen molar-refractivity contribution in [2.24, 2.45) is 7.05 Å². The molecule has 2 aromatic heterocycles. The number of aromatic nitrogens is 3. The van der Waals surface area contributed by atoms with Crippen LogP contribution in [0, 0.1) is 11.7 Å². The molecule has 0 saturated heterocycles. The number of aryl methyl sites for hydroxylation is 2. The van der Waals surface area contributed by atoms with Crippen LogP contribution in [0.15, 0.2) is 10.9 Å². The van der Waals surface area contributed by atoms with Crippen molar-refractivity contribution in [2.45, 2.75) is 26.8 Å². The summed E-state index contributed by atoms with van der Waals surface area (Å²) in [7, 11) is 1.89. The highest BCUT2D eigenvalue weighted by atomic mass is 32.1. The molecule has 0 radical (unpaired) electrons. The number of hydrogen-bond acceptors (Lipinski definition) is 2. The van der Waals surface area contributed by atoms with Crippen molar-refractivity contribution in [1.82, 2.24) is 14.1 Å². The molecule has 2 rings (SSSR count). The first-order valence-corrected chi connectivity index (χ1v) is 5.65. The summed E-state index contributed by atoms with van der Waals surface area (Å²) >= 11 is 5.19. The van der Waals surface area contributed by atoms with Gasteiger partial charge in [-0.25, -0.2) is 0 Å². The average molecular weight is 237 g/mol. The molecule has 0 aromatic carbocycles. The second-order valence-electron chi connectivity index (χ2n) is 4.31. The van der Waals surface area contributed by atoms with E-state index in [0.717, 1.165) is 11.2 Å². The molecule has 2 aromatic rings. The lowest BCUT2D eigenvalue weighted by Crippen LogP contribution is -2.25. The quantitative estimate of drug-likeness (QED) is 0.773. The van der Waals surface area contributed by atoms with E-state index in [9.17, 15) is 4.79 Å². The van der Waals surface area contributed by atoms with E-state index in [1.165, 1.54) is 0 Å². The minimum Gasteiger partial charge on any atom is -0.342 e. The molecule has 4 nitrogen and oxygen atoms in total. The molecule has 0 atom stereocenters. The first-order valence-electron chi connectivity index (χ1n) is 5.24. The zero-order valence-corrected chi connectivity index (χ0v) is 10.7. The smallest absolute Gasteiger partial charge is 0.279 e. The van der Waals surface area contributed by atoms with E-state index in [4.69, 9.17) is 12.2 Å². The molecule has 0 aliphatic carbocycles. The van der Waals surface area contributed by atoms with Crippen molar-refractivity contribution >= 4 is 23.3 Å². The monoisotopic (exact) mass is 237 g/mol. The lowest BCUT2D eigenvalue weighted by molar-refractivity contribution is 0.563. The molecule has 1 N–H and O–H groups in total. The van der Waals surface area contributed by atoms with E-state index in [2.05, 4.69) is 4.98 Å². The second kappa shape index (κ2) is 3.59. The van der Waals surface area contributed by atoms with Gasteiger partial charge >= 0.3 is 0 Å². The average Bonchev–Trinajstić information content (AvgIpc) is 2.41. The Kier molecular flexibility index (Phi) is 2.50. The van der Waals surface area contributed by atoms with Gasteiger partial charge in [-0.2, -0.15) is 0 Å². The van der Waals surface area contributed by atoms with Gasteiger partial charge in [-0.1, -0.05) is 0 Å². The Balaban J connectivity index is 3.03. The van der Waals surface area contributed by atoms with Gasteiger partial charge < -0.3 is 9.55 Å². The molecule has 0 amide bonds. The zero-order chi connectivity index (χ0) is 12.0. The van der Waals surface area contributed by atoms with Gasteiger partial charge in [0, 0.05) is 18.8 Å². The van der Waals surface area contributed by atoms with Crippen LogP contribution in [0.25, 0.3) is 11.0 Å². The largest absolute Gasteiger partial charge is 0.342 e. The minimum absolute atomic E-state index is 0.0237. The lowest BCUT2D eigenvalue weighted by atomic mass is 10.3. The number of nitrogens with zero attached hydrogens (tertiary/aromatic N) is 2. The summed E-state index contributed by atoms with van der Waals surface area (Å²) in [6.07, 6.45) is 0. The molecule has 86 valence electrons. The van der Waals surface area contributed by atoms with Gasteiger partial charge in [-0.15, -0.1) is 0 Å². The molecule has 0 bridgehead atoms. The van der Waals surface area contributed by atoms with Gasteiger partial charge in [-0.05, 0) is 39.1 Å². The van der Waals surface area contributed by atoms with Crippen LogP contribution in [0.4, 0.5) is 0 Å². The molecule has 0 aliphatic rings. The maximum atomic E-state index is 12.3. The Labute approximate surface area is 98.5 Å². The molecule has 5 heteroatoms. The van der Waals surface area contributed by atoms with Crippen LogP contribution in [0.5, 0.6) is 0 Å². The highest BCUT2D eigenvalue weighted by Gasteiger charge is 2.12. The maximum absolute atomic E-state index is 12.3. The summed E-state index contributed by atoms with van der Waals surface area (Å²) in [6, 6.07) is 2.01. The van der Waals surface area contributed by atoms with E-state index in [-0.39, 0.29) is 11.6 Å². The number of fused-ring (bicyclic) bond motifs is 1. The van der Waals surface area contributed by atoms with Crippen molar-refractivity contribution in [2.75, 3.05) is 0 Å². The summed E-state index contributed by atoms with van der Waals surface area (Å²) in [5.41, 5.74) is 2.51. The summed E-state index contributed by atoms with van der Waals surface area (Å²) in [5.74, 6) is 0. The number of H-pyrrole nitrogens is 1. The van der Waals surface area contributed by atoms with Gasteiger partial charge in [0.2, 0.25) is 0 Å². The number of hydrogen-bond donors (Lipinski definition) is 1. The second-order valence-corrected chi connectivity index (χ2v) is 4.69. The Morgan fingerprint density at radius 1 is 1.44 bits per heavy atom. The first-order chi connectivity index (χ1) is 7.43. The molecule has 0 aliphatic heterocycles. The zero-order valence-electron chi connectivity index (χ0n) is 9.87. The van der Waals surface area contributed by atoms with Crippen LogP contribution in [0.2, 0.25) is 0 Å². The highest BCUT2D eigenvalue weighted by molar-refractivity contribution is 7.71. The Bertz CT molecular complexity index is 660. The van der Waals surface area contributed by atoms with Crippen LogP contribution >= 0.6 is 12.2 Å². The van der Waals surface area contributed by atoms with Crippen LogP contribution < -0.4 is 5.56 Å². The maximum Gasteiger partial charge on any atom is 0.279 e. The molecular formula is C11H15N3OS. The fourth-order valence-electron chi connectivity index (χ4n) is 1.94. The number of nitrogens with one attached hydrogen (secondary N) is 1. The van der Waals surface area contributed by atoms with Crippen LogP contribution in [-0.2, 0) is 7.05 Å². The SMILES string of the molecule is Cc1cc2[nH]c(=S)n(C(C)C)c(=O)c2n1C. The first kappa shape index (κ1) is 11.1. The van der Waals surface area contributed by atoms with Gasteiger partial charge in [0.1, 0.15) is 5.52 Å². The van der Waals surface area contributed by atoms with E-state index < -0.39 is 0 Å². The summed E-state index contributed by atoms with van der Waals surface area (Å²) in [6.45, 7) is 5.87. The standard InChI is InChI=1S/C11H15N3OS/c1-6(2)14-10(15)9-8(12-11(14)16)5-7(3)13(9)4/h5-6H,1-4H3,(H,12,16). The fraction of sp³-hybridized carbons (Fsp3) is 0.455. The molecule has 0 fully saturated rings. The van der Waals surface area contributed by atoms with E-state index in [0.29, 0.717) is 10.3 Å². The predicted molar refractivity (Wildman–Crippen MR) is 67.5 cm³/mol. The molecular weight excluding hydrogens is 222 g/mol. The van der Waals surface area contributed by atoms with E-state index in [1.807, 2.05) is 38.5 Å². The van der Waals surface area contributed by atoms with Crippen molar-refractivity contribution in [1.29, 1.82) is 0 Å². The van der Waals surface area contributed by atoms with Crippen molar-refractivity contribution in [3.05, 3.63) is 26.9 Å². The predicted octanol–water partition coefficient (Wildman–Crippen LogP) is 2.29. The molecule has 0 unspecified atom stereocenters. The van der Waals surface area contributed by atoms with Crippen LogP contribution in [0.3, 0.4) is 0 Å². The Hall–Kier alpha value is -1.36. The van der Waals surface area contributed by atoms with Crippen LogP contribution in [0.1, 0.15) is 25.6 Å². The van der Waals surface area contributed by atoms with Gasteiger partial charge in [0.25, 0.3) is 5.56 Å². The van der Waals surface area contributed by atoms with Gasteiger partial charge in [0.05, 0.1) is 5.52 Å². The Morgan fingerprint density at radius 3 is 2.62 bits per heavy atom. The topological polar surface area (TPSA) is 42.7 Å². The minimum atomic E-state index is -0.0237. The van der Waals surface area contributed by atoms with Crippen molar-refractivity contribution < 1.29 is 0 Å². The number of aromatic amines is 1. The Morgan fingerprint density at radius 2 is 2.06 bits per heavy atom.